The van der Waals surface area contributed by atoms with Gasteiger partial charge in [0.25, 0.3) is 0 Å². The number of phosphoric acid groups is 1. The highest BCUT2D eigenvalue weighted by Gasteiger charge is 2.26. The van der Waals surface area contributed by atoms with Crippen LogP contribution < -0.4 is 0 Å². The summed E-state index contributed by atoms with van der Waals surface area (Å²) in [5, 5.41) is 0. The van der Waals surface area contributed by atoms with Gasteiger partial charge in [-0.1, -0.05) is 58.6 Å². The lowest BCUT2D eigenvalue weighted by Gasteiger charge is -2.18. The molecule has 0 aliphatic carbocycles. The zero-order valence-electron chi connectivity index (χ0n) is 22.9. The van der Waals surface area contributed by atoms with Crippen molar-refractivity contribution in [1.29, 1.82) is 0 Å². The second-order valence-electron chi connectivity index (χ2n) is 9.02. The highest BCUT2D eigenvalue weighted by Crippen LogP contribution is 2.50. The fourth-order valence-corrected chi connectivity index (χ4v) is 4.32. The van der Waals surface area contributed by atoms with E-state index in [1.165, 1.54) is 6.42 Å². The molecule has 0 aromatic heterocycles. The van der Waals surface area contributed by atoms with Crippen molar-refractivity contribution in [2.24, 2.45) is 0 Å². The van der Waals surface area contributed by atoms with E-state index < -0.39 is 7.82 Å². The highest BCUT2D eigenvalue weighted by atomic mass is 31.2. The Kier molecular flexibility index (Phi) is 21.8. The number of rotatable bonds is 25. The molecule has 0 aliphatic heterocycles. The molecular weight excluding hydrogens is 483 g/mol. The maximum absolute atomic E-state index is 13.1. The predicted molar refractivity (Wildman–Crippen MR) is 143 cm³/mol. The third-order valence-corrected chi connectivity index (χ3v) is 6.73. The van der Waals surface area contributed by atoms with Crippen molar-refractivity contribution in [3.63, 3.8) is 0 Å². The average Bonchev–Trinajstić information content (AvgIpc) is 2.84. The van der Waals surface area contributed by atoms with Crippen molar-refractivity contribution >= 4 is 19.8 Å². The second-order valence-corrected chi connectivity index (χ2v) is 10.7. The standard InChI is InChI=1S/C27H49O8P/c1-6-7-8-9-16-21-33-36(30,34-22-17-12-10-14-19-31-26(28)24(2)3)35-23-18-13-11-15-20-32-27(29)25(4)5/h2,4,6-23H2,1,3,5H3. The van der Waals surface area contributed by atoms with Crippen molar-refractivity contribution in [2.75, 3.05) is 33.0 Å². The number of hydrogen-bond donors (Lipinski definition) is 0. The Morgan fingerprint density at radius 2 is 0.861 bits per heavy atom. The molecule has 0 radical (unpaired) electrons. The van der Waals surface area contributed by atoms with Gasteiger partial charge in [0.2, 0.25) is 0 Å². The van der Waals surface area contributed by atoms with E-state index in [0.717, 1.165) is 64.2 Å². The SMILES string of the molecule is C=C(C)C(=O)OCCCCCCOP(=O)(OCCCCCCC)OCCCCCCOC(=O)C(=C)C. The molecule has 0 atom stereocenters. The molecule has 0 aromatic carbocycles. The van der Waals surface area contributed by atoms with Crippen molar-refractivity contribution < 1.29 is 37.2 Å². The summed E-state index contributed by atoms with van der Waals surface area (Å²) >= 11 is 0. The topological polar surface area (TPSA) is 97.4 Å². The first-order valence-electron chi connectivity index (χ1n) is 13.4. The summed E-state index contributed by atoms with van der Waals surface area (Å²) in [4.78, 5) is 22.7. The summed E-state index contributed by atoms with van der Waals surface area (Å²) in [5.74, 6) is -0.732. The number of carbonyl (C=O) groups excluding carboxylic acids is 2. The zero-order valence-corrected chi connectivity index (χ0v) is 23.7. The van der Waals surface area contributed by atoms with Crippen molar-refractivity contribution in [1.82, 2.24) is 0 Å². The van der Waals surface area contributed by atoms with Crippen molar-refractivity contribution in [3.05, 3.63) is 24.3 Å². The van der Waals surface area contributed by atoms with E-state index in [1.807, 2.05) is 0 Å². The molecule has 0 unspecified atom stereocenters. The molecule has 0 aromatic rings. The maximum atomic E-state index is 13.1. The van der Waals surface area contributed by atoms with Gasteiger partial charge in [0, 0.05) is 11.1 Å². The van der Waals surface area contributed by atoms with E-state index in [1.54, 1.807) is 13.8 Å². The third-order valence-electron chi connectivity index (χ3n) is 5.24. The molecule has 210 valence electrons. The van der Waals surface area contributed by atoms with Gasteiger partial charge in [-0.15, -0.1) is 0 Å². The molecule has 0 heterocycles. The lowest BCUT2D eigenvalue weighted by Crippen LogP contribution is -2.06. The molecule has 36 heavy (non-hydrogen) atoms. The minimum atomic E-state index is -3.60. The molecule has 0 saturated heterocycles. The predicted octanol–water partition coefficient (Wildman–Crippen LogP) is 7.47. The number of ether oxygens (including phenoxy) is 2. The van der Waals surface area contributed by atoms with Crippen LogP contribution in [0.3, 0.4) is 0 Å². The first kappa shape index (κ1) is 34.5. The van der Waals surface area contributed by atoms with Crippen molar-refractivity contribution in [3.8, 4) is 0 Å². The number of carbonyl (C=O) groups is 2. The minimum Gasteiger partial charge on any atom is -0.462 e. The van der Waals surface area contributed by atoms with Crippen LogP contribution in [0, 0.1) is 0 Å². The molecule has 8 nitrogen and oxygen atoms in total. The van der Waals surface area contributed by atoms with Gasteiger partial charge in [-0.25, -0.2) is 14.2 Å². The van der Waals surface area contributed by atoms with Gasteiger partial charge in [0.05, 0.1) is 33.0 Å². The van der Waals surface area contributed by atoms with Gasteiger partial charge in [0.15, 0.2) is 0 Å². The summed E-state index contributed by atoms with van der Waals surface area (Å²) in [6.45, 7) is 14.2. The zero-order chi connectivity index (χ0) is 27.1. The summed E-state index contributed by atoms with van der Waals surface area (Å²) in [5.41, 5.74) is 0.794. The Bertz CT molecular complexity index is 631. The van der Waals surface area contributed by atoms with Gasteiger partial charge in [0.1, 0.15) is 0 Å². The van der Waals surface area contributed by atoms with Gasteiger partial charge >= 0.3 is 19.8 Å². The fourth-order valence-electron chi connectivity index (χ4n) is 3.04. The largest absolute Gasteiger partial charge is 0.474 e. The smallest absolute Gasteiger partial charge is 0.462 e. The van der Waals surface area contributed by atoms with E-state index in [2.05, 4.69) is 20.1 Å². The molecule has 0 saturated carbocycles. The lowest BCUT2D eigenvalue weighted by atomic mass is 10.2. The van der Waals surface area contributed by atoms with Crippen LogP contribution in [0.2, 0.25) is 0 Å². The second kappa shape index (κ2) is 22.7. The Hall–Kier alpha value is -1.47. The van der Waals surface area contributed by atoms with Crippen LogP contribution in [0.1, 0.15) is 104 Å². The van der Waals surface area contributed by atoms with E-state index in [9.17, 15) is 14.2 Å². The van der Waals surface area contributed by atoms with Crippen LogP contribution in [0.4, 0.5) is 0 Å². The highest BCUT2D eigenvalue weighted by molar-refractivity contribution is 7.48. The molecule has 0 rings (SSSR count). The van der Waals surface area contributed by atoms with E-state index in [-0.39, 0.29) is 25.2 Å². The van der Waals surface area contributed by atoms with E-state index in [0.29, 0.717) is 43.8 Å². The van der Waals surface area contributed by atoms with Gasteiger partial charge in [-0.2, -0.15) is 0 Å². The number of hydrogen-bond acceptors (Lipinski definition) is 8. The number of unbranched alkanes of at least 4 members (excludes halogenated alkanes) is 10. The molecule has 0 aliphatic rings. The van der Waals surface area contributed by atoms with Gasteiger partial charge in [-0.05, 0) is 58.8 Å². The Morgan fingerprint density at radius 1 is 0.556 bits per heavy atom. The van der Waals surface area contributed by atoms with Crippen LogP contribution in [-0.2, 0) is 37.2 Å². The van der Waals surface area contributed by atoms with E-state index >= 15 is 0 Å². The molecule has 0 bridgehead atoms. The Balaban J connectivity index is 4.17. The maximum Gasteiger partial charge on any atom is 0.474 e. The Morgan fingerprint density at radius 3 is 1.17 bits per heavy atom. The van der Waals surface area contributed by atoms with Crippen LogP contribution >= 0.6 is 7.82 Å². The number of esters is 2. The monoisotopic (exact) mass is 532 g/mol. The van der Waals surface area contributed by atoms with Crippen LogP contribution in [-0.4, -0.2) is 45.0 Å². The minimum absolute atomic E-state index is 0.284. The Labute approximate surface area is 218 Å². The molecule has 0 spiro atoms. The fraction of sp³-hybridized carbons (Fsp3) is 0.778. The van der Waals surface area contributed by atoms with Crippen molar-refractivity contribution in [2.45, 2.75) is 104 Å². The van der Waals surface area contributed by atoms with Crippen LogP contribution in [0.5, 0.6) is 0 Å². The molecule has 9 heteroatoms. The summed E-state index contributed by atoms with van der Waals surface area (Å²) < 4.78 is 39.9. The molecular formula is C27H49O8P. The normalized spacial score (nSPS) is 11.3. The number of phosphoric ester groups is 1. The molecule has 0 amide bonds. The first-order chi connectivity index (χ1) is 17.2. The summed E-state index contributed by atoms with van der Waals surface area (Å²) in [6.07, 6.45) is 11.7. The molecule has 0 N–H and O–H groups in total. The van der Waals surface area contributed by atoms with Crippen LogP contribution in [0.15, 0.2) is 24.3 Å². The quantitative estimate of drug-likeness (QED) is 0.0517. The van der Waals surface area contributed by atoms with Gasteiger partial charge < -0.3 is 9.47 Å². The molecule has 0 fully saturated rings. The summed E-state index contributed by atoms with van der Waals surface area (Å²) in [7, 11) is -3.60. The third kappa shape index (κ3) is 20.7. The van der Waals surface area contributed by atoms with Crippen LogP contribution in [0.25, 0.3) is 0 Å². The lowest BCUT2D eigenvalue weighted by molar-refractivity contribution is -0.139. The van der Waals surface area contributed by atoms with E-state index in [4.69, 9.17) is 23.0 Å². The first-order valence-corrected chi connectivity index (χ1v) is 14.9. The average molecular weight is 533 g/mol. The summed E-state index contributed by atoms with van der Waals surface area (Å²) in [6, 6.07) is 0. The van der Waals surface area contributed by atoms with Gasteiger partial charge in [-0.3, -0.25) is 13.6 Å².